The lowest BCUT2D eigenvalue weighted by molar-refractivity contribution is -0.0498. The normalized spacial score (nSPS) is 16.1. The quantitative estimate of drug-likeness (QED) is 0.342. The maximum absolute atomic E-state index is 13.1. The maximum atomic E-state index is 13.1. The predicted molar refractivity (Wildman–Crippen MR) is 101 cm³/mol. The van der Waals surface area contributed by atoms with Crippen LogP contribution in [0.2, 0.25) is 0 Å². The van der Waals surface area contributed by atoms with Crippen molar-refractivity contribution in [3.63, 3.8) is 0 Å². The third-order valence-corrected chi connectivity index (χ3v) is 5.18. The van der Waals surface area contributed by atoms with E-state index in [4.69, 9.17) is 9.47 Å². The highest BCUT2D eigenvalue weighted by Gasteiger charge is 2.26. The van der Waals surface area contributed by atoms with E-state index < -0.39 is 18.9 Å². The Balaban J connectivity index is 1.73. The number of thioether (sulfide) groups is 1. The first-order valence-electron chi connectivity index (χ1n) is 8.54. The number of benzene rings is 2. The van der Waals surface area contributed by atoms with Gasteiger partial charge in [-0.15, -0.1) is 0 Å². The second kappa shape index (κ2) is 8.08. The number of alkyl halides is 2. The van der Waals surface area contributed by atoms with E-state index in [0.29, 0.717) is 27.5 Å². The number of hydrogen-bond donors (Lipinski definition) is 0. The number of para-hydroxylation sites is 1. The van der Waals surface area contributed by atoms with E-state index >= 15 is 0 Å². The summed E-state index contributed by atoms with van der Waals surface area (Å²) in [6.45, 7) is -2.81. The van der Waals surface area contributed by atoms with Gasteiger partial charge in [-0.2, -0.15) is 8.78 Å². The topological polar surface area (TPSA) is 79.7 Å². The van der Waals surface area contributed by atoms with E-state index in [0.717, 1.165) is 0 Å². The standard InChI is InChI=1S/C19H14F2N2O5S/c20-17(21)27-12-7-5-11(6-8-12)23-16(24)14-3-1-2-4-15(14)22-18(23)29-10-13-9-26-19(25)28-13/h1-8,13,17H,9-10H2/t13-/m1/s1. The fraction of sp³-hybridized carbons (Fsp3) is 0.211. The van der Waals surface area contributed by atoms with Crippen molar-refractivity contribution in [2.75, 3.05) is 12.4 Å². The van der Waals surface area contributed by atoms with Gasteiger partial charge in [-0.05, 0) is 36.4 Å². The van der Waals surface area contributed by atoms with Gasteiger partial charge in [-0.3, -0.25) is 9.36 Å². The lowest BCUT2D eigenvalue weighted by Gasteiger charge is -2.14. The molecule has 0 N–H and O–H groups in total. The largest absolute Gasteiger partial charge is 0.508 e. The molecule has 0 saturated carbocycles. The summed E-state index contributed by atoms with van der Waals surface area (Å²) in [5, 5.41) is 0.791. The molecule has 10 heteroatoms. The van der Waals surface area contributed by atoms with E-state index in [1.54, 1.807) is 24.3 Å². The fourth-order valence-electron chi connectivity index (χ4n) is 2.83. The molecule has 1 aliphatic rings. The van der Waals surface area contributed by atoms with Gasteiger partial charge in [0.15, 0.2) is 5.16 Å². The Hall–Kier alpha value is -3.14. The van der Waals surface area contributed by atoms with Gasteiger partial charge in [0.25, 0.3) is 5.56 Å². The van der Waals surface area contributed by atoms with Crippen molar-refractivity contribution >= 4 is 28.8 Å². The Kier molecular flexibility index (Phi) is 5.34. The first-order chi connectivity index (χ1) is 14.0. The number of cyclic esters (lactones) is 2. The number of ether oxygens (including phenoxy) is 3. The molecule has 0 bridgehead atoms. The third-order valence-electron chi connectivity index (χ3n) is 4.11. The van der Waals surface area contributed by atoms with Crippen molar-refractivity contribution in [1.82, 2.24) is 9.55 Å². The lowest BCUT2D eigenvalue weighted by atomic mass is 10.2. The average Bonchev–Trinajstić information content (AvgIpc) is 3.12. The van der Waals surface area contributed by atoms with Gasteiger partial charge in [0.1, 0.15) is 18.5 Å². The molecule has 0 spiro atoms. The van der Waals surface area contributed by atoms with Gasteiger partial charge in [0.05, 0.1) is 16.6 Å². The minimum absolute atomic E-state index is 0.0187. The highest BCUT2D eigenvalue weighted by atomic mass is 32.2. The smallest absolute Gasteiger partial charge is 0.435 e. The molecule has 2 aromatic carbocycles. The Labute approximate surface area is 167 Å². The van der Waals surface area contributed by atoms with E-state index in [2.05, 4.69) is 9.72 Å². The molecule has 2 heterocycles. The number of fused-ring (bicyclic) bond motifs is 1. The molecular weight excluding hydrogens is 406 g/mol. The van der Waals surface area contributed by atoms with E-state index in [1.807, 2.05) is 0 Å². The zero-order valence-corrected chi connectivity index (χ0v) is 15.6. The van der Waals surface area contributed by atoms with Gasteiger partial charge in [-0.25, -0.2) is 9.78 Å². The van der Waals surface area contributed by atoms with Crippen molar-refractivity contribution in [3.8, 4) is 11.4 Å². The average molecular weight is 420 g/mol. The monoisotopic (exact) mass is 420 g/mol. The summed E-state index contributed by atoms with van der Waals surface area (Å²) in [6.07, 6.45) is -1.18. The molecule has 1 aliphatic heterocycles. The number of carbonyl (C=O) groups excluding carboxylic acids is 1. The van der Waals surface area contributed by atoms with Crippen LogP contribution in [0, 0.1) is 0 Å². The first kappa shape index (κ1) is 19.2. The highest BCUT2D eigenvalue weighted by molar-refractivity contribution is 7.99. The summed E-state index contributed by atoms with van der Waals surface area (Å²) in [4.78, 5) is 28.8. The molecule has 0 unspecified atom stereocenters. The van der Waals surface area contributed by atoms with Crippen molar-refractivity contribution in [2.24, 2.45) is 0 Å². The Bertz CT molecular complexity index is 1100. The van der Waals surface area contributed by atoms with Crippen LogP contribution in [0.15, 0.2) is 58.5 Å². The molecule has 0 radical (unpaired) electrons. The minimum Gasteiger partial charge on any atom is -0.435 e. The van der Waals surface area contributed by atoms with Gasteiger partial charge in [-0.1, -0.05) is 23.9 Å². The minimum atomic E-state index is -2.94. The Morgan fingerprint density at radius 2 is 1.93 bits per heavy atom. The van der Waals surface area contributed by atoms with Gasteiger partial charge in [0, 0.05) is 5.75 Å². The molecule has 150 valence electrons. The van der Waals surface area contributed by atoms with Crippen LogP contribution in [-0.4, -0.2) is 40.8 Å². The summed E-state index contributed by atoms with van der Waals surface area (Å²) < 4.78 is 40.3. The molecule has 7 nitrogen and oxygen atoms in total. The molecule has 29 heavy (non-hydrogen) atoms. The Morgan fingerprint density at radius 3 is 2.62 bits per heavy atom. The van der Waals surface area contributed by atoms with Crippen LogP contribution in [0.1, 0.15) is 0 Å². The van der Waals surface area contributed by atoms with Crippen LogP contribution in [0.5, 0.6) is 5.75 Å². The zero-order chi connectivity index (χ0) is 20.4. The van der Waals surface area contributed by atoms with Crippen molar-refractivity contribution in [1.29, 1.82) is 0 Å². The molecule has 1 aromatic heterocycles. The maximum Gasteiger partial charge on any atom is 0.508 e. The Morgan fingerprint density at radius 1 is 1.17 bits per heavy atom. The molecule has 0 amide bonds. The first-order valence-corrected chi connectivity index (χ1v) is 9.53. The van der Waals surface area contributed by atoms with Crippen molar-refractivity contribution in [3.05, 3.63) is 58.9 Å². The number of nitrogens with zero attached hydrogens (tertiary/aromatic N) is 2. The zero-order valence-electron chi connectivity index (χ0n) is 14.8. The van der Waals surface area contributed by atoms with Crippen molar-refractivity contribution < 1.29 is 27.8 Å². The van der Waals surface area contributed by atoms with Gasteiger partial charge in [0.2, 0.25) is 0 Å². The second-order valence-corrected chi connectivity index (χ2v) is 7.02. The summed E-state index contributed by atoms with van der Waals surface area (Å²) in [5.74, 6) is 0.318. The van der Waals surface area contributed by atoms with E-state index in [1.165, 1.54) is 40.6 Å². The summed E-state index contributed by atoms with van der Waals surface area (Å²) in [5.41, 5.74) is 0.658. The molecular formula is C19H14F2N2O5S. The molecule has 1 atom stereocenters. The summed E-state index contributed by atoms with van der Waals surface area (Å²) in [6, 6.07) is 12.6. The van der Waals surface area contributed by atoms with Crippen LogP contribution in [-0.2, 0) is 9.47 Å². The SMILES string of the molecule is O=C1OC[C@H](CSc2nc3ccccc3c(=O)n2-c2ccc(OC(F)F)cc2)O1. The number of aromatic nitrogens is 2. The number of carbonyl (C=O) groups is 1. The van der Waals surface area contributed by atoms with Crippen LogP contribution in [0.25, 0.3) is 16.6 Å². The molecule has 1 fully saturated rings. The lowest BCUT2D eigenvalue weighted by Crippen LogP contribution is -2.23. The predicted octanol–water partition coefficient (Wildman–Crippen LogP) is 3.61. The number of halogens is 2. The number of hydrogen-bond acceptors (Lipinski definition) is 7. The van der Waals surface area contributed by atoms with Crippen LogP contribution in [0.4, 0.5) is 13.6 Å². The highest BCUT2D eigenvalue weighted by Crippen LogP contribution is 2.25. The van der Waals surface area contributed by atoms with Crippen LogP contribution < -0.4 is 10.3 Å². The van der Waals surface area contributed by atoms with Gasteiger partial charge >= 0.3 is 12.8 Å². The second-order valence-electron chi connectivity index (χ2n) is 6.04. The van der Waals surface area contributed by atoms with Gasteiger partial charge < -0.3 is 14.2 Å². The summed E-state index contributed by atoms with van der Waals surface area (Å²) in [7, 11) is 0. The summed E-state index contributed by atoms with van der Waals surface area (Å²) >= 11 is 1.23. The van der Waals surface area contributed by atoms with Crippen molar-refractivity contribution in [2.45, 2.75) is 17.9 Å². The van der Waals surface area contributed by atoms with Crippen LogP contribution in [0.3, 0.4) is 0 Å². The molecule has 1 saturated heterocycles. The number of rotatable bonds is 6. The molecule has 3 aromatic rings. The van der Waals surface area contributed by atoms with E-state index in [9.17, 15) is 18.4 Å². The van der Waals surface area contributed by atoms with Crippen LogP contribution >= 0.6 is 11.8 Å². The third kappa shape index (κ3) is 4.16. The molecule has 0 aliphatic carbocycles. The van der Waals surface area contributed by atoms with E-state index in [-0.39, 0.29) is 17.9 Å². The fourth-order valence-corrected chi connectivity index (χ4v) is 3.81. The molecule has 4 rings (SSSR count).